The van der Waals surface area contributed by atoms with Crippen molar-refractivity contribution in [2.24, 2.45) is 0 Å². The van der Waals surface area contributed by atoms with Gasteiger partial charge in [0.05, 0.1) is 12.0 Å². The van der Waals surface area contributed by atoms with E-state index in [2.05, 4.69) is 6.58 Å². The van der Waals surface area contributed by atoms with Gasteiger partial charge in [0.15, 0.2) is 0 Å². The van der Waals surface area contributed by atoms with Crippen LogP contribution in [0.1, 0.15) is 43.2 Å². The number of nitrogens with zero attached hydrogens (tertiary/aromatic N) is 2. The van der Waals surface area contributed by atoms with Crippen molar-refractivity contribution in [1.29, 1.82) is 0 Å². The van der Waals surface area contributed by atoms with Crippen LogP contribution in [0.25, 0.3) is 0 Å². The highest BCUT2D eigenvalue weighted by Crippen LogP contribution is 2.36. The minimum absolute atomic E-state index is 0.166. The first-order valence-electron chi connectivity index (χ1n) is 9.29. The van der Waals surface area contributed by atoms with Crippen molar-refractivity contribution < 1.29 is 9.59 Å². The molecule has 0 aliphatic carbocycles. The Morgan fingerprint density at radius 3 is 2.68 bits per heavy atom. The smallest absolute Gasteiger partial charge is 0.227 e. The minimum Gasteiger partial charge on any atom is -0.340 e. The molecule has 0 N–H and O–H groups in total. The van der Waals surface area contributed by atoms with Crippen molar-refractivity contribution in [1.82, 2.24) is 9.80 Å². The Balaban J connectivity index is 1.73. The fourth-order valence-corrected chi connectivity index (χ4v) is 4.27. The molecule has 4 nitrogen and oxygen atoms in total. The Morgan fingerprint density at radius 2 is 1.96 bits per heavy atom. The summed E-state index contributed by atoms with van der Waals surface area (Å²) in [7, 11) is 0. The van der Waals surface area contributed by atoms with E-state index >= 15 is 0 Å². The van der Waals surface area contributed by atoms with Crippen LogP contribution in [0.4, 0.5) is 0 Å². The molecule has 1 aromatic carbocycles. The van der Waals surface area contributed by atoms with Gasteiger partial charge in [-0.05, 0) is 38.2 Å². The minimum atomic E-state index is -0.190. The van der Waals surface area contributed by atoms with Gasteiger partial charge in [-0.3, -0.25) is 9.59 Å². The van der Waals surface area contributed by atoms with Crippen molar-refractivity contribution in [2.45, 2.75) is 51.0 Å². The maximum absolute atomic E-state index is 12.8. The number of likely N-dealkylation sites (tertiary alicyclic amines) is 2. The van der Waals surface area contributed by atoms with Gasteiger partial charge in [-0.15, -0.1) is 6.58 Å². The molecule has 0 aromatic heterocycles. The molecule has 1 unspecified atom stereocenters. The fourth-order valence-electron chi connectivity index (χ4n) is 4.27. The lowest BCUT2D eigenvalue weighted by atomic mass is 9.79. The molecule has 134 valence electrons. The number of piperidine rings is 2. The molecule has 1 aromatic rings. The first-order chi connectivity index (χ1) is 12.0. The van der Waals surface area contributed by atoms with E-state index in [1.807, 2.05) is 41.0 Å². The predicted octanol–water partition coefficient (Wildman–Crippen LogP) is 3.10. The van der Waals surface area contributed by atoms with E-state index < -0.39 is 0 Å². The second-order valence-corrected chi connectivity index (χ2v) is 7.45. The summed E-state index contributed by atoms with van der Waals surface area (Å²) < 4.78 is 0. The van der Waals surface area contributed by atoms with E-state index in [1.165, 1.54) is 5.56 Å². The topological polar surface area (TPSA) is 40.6 Å². The standard InChI is InChI=1S/C21H28N2O2/c1-3-13-23-19(24)6-4-11-21(23)12-5-14-22(16-21)20(25)15-18-9-7-17(2)8-10-18/h3,7-10H,1,4-6,11-16H2,2H3. The van der Waals surface area contributed by atoms with Crippen LogP contribution in [0.5, 0.6) is 0 Å². The third kappa shape index (κ3) is 3.78. The highest BCUT2D eigenvalue weighted by Gasteiger charge is 2.45. The molecule has 1 atom stereocenters. The van der Waals surface area contributed by atoms with Gasteiger partial charge in [0.2, 0.25) is 11.8 Å². The molecule has 3 rings (SSSR count). The molecule has 2 aliphatic heterocycles. The Morgan fingerprint density at radius 1 is 1.24 bits per heavy atom. The number of hydrogen-bond donors (Lipinski definition) is 0. The van der Waals surface area contributed by atoms with Crippen LogP contribution in [0.15, 0.2) is 36.9 Å². The molecule has 2 saturated heterocycles. The van der Waals surface area contributed by atoms with Crippen LogP contribution >= 0.6 is 0 Å². The quantitative estimate of drug-likeness (QED) is 0.790. The van der Waals surface area contributed by atoms with Gasteiger partial charge in [0, 0.05) is 26.1 Å². The summed E-state index contributed by atoms with van der Waals surface area (Å²) in [4.78, 5) is 29.2. The number of aryl methyl sites for hydroxylation is 1. The molecule has 0 bridgehead atoms. The normalized spacial score (nSPS) is 23.8. The number of hydrogen-bond acceptors (Lipinski definition) is 2. The summed E-state index contributed by atoms with van der Waals surface area (Å²) in [6, 6.07) is 8.15. The van der Waals surface area contributed by atoms with Gasteiger partial charge in [0.25, 0.3) is 0 Å². The molecule has 25 heavy (non-hydrogen) atoms. The van der Waals surface area contributed by atoms with Crippen molar-refractivity contribution >= 4 is 11.8 Å². The Kier molecular flexibility index (Phi) is 5.26. The maximum Gasteiger partial charge on any atom is 0.227 e. The second kappa shape index (κ2) is 7.42. The molecule has 2 aliphatic rings. The SMILES string of the molecule is C=CCN1C(=O)CCCC12CCCN(C(=O)Cc1ccc(C)cc1)C2. The average Bonchev–Trinajstić information content (AvgIpc) is 2.61. The summed E-state index contributed by atoms with van der Waals surface area (Å²) in [6.45, 7) is 7.90. The first-order valence-corrected chi connectivity index (χ1v) is 9.29. The molecule has 1 spiro atoms. The van der Waals surface area contributed by atoms with E-state index in [0.29, 0.717) is 25.9 Å². The number of amides is 2. The van der Waals surface area contributed by atoms with E-state index in [0.717, 1.165) is 37.8 Å². The lowest BCUT2D eigenvalue weighted by Gasteiger charge is -2.52. The van der Waals surface area contributed by atoms with Crippen LogP contribution in [-0.2, 0) is 16.0 Å². The van der Waals surface area contributed by atoms with E-state index in [9.17, 15) is 9.59 Å². The van der Waals surface area contributed by atoms with Gasteiger partial charge < -0.3 is 9.80 Å². The highest BCUT2D eigenvalue weighted by molar-refractivity contribution is 5.80. The third-order valence-corrected chi connectivity index (χ3v) is 5.60. The first kappa shape index (κ1) is 17.7. The number of carbonyl (C=O) groups excluding carboxylic acids is 2. The third-order valence-electron chi connectivity index (χ3n) is 5.60. The van der Waals surface area contributed by atoms with Gasteiger partial charge in [-0.25, -0.2) is 0 Å². The van der Waals surface area contributed by atoms with Crippen LogP contribution in [0, 0.1) is 6.92 Å². The molecule has 4 heteroatoms. The van der Waals surface area contributed by atoms with Crippen LogP contribution in [0.3, 0.4) is 0 Å². The van der Waals surface area contributed by atoms with E-state index in [4.69, 9.17) is 0 Å². The summed E-state index contributed by atoms with van der Waals surface area (Å²) in [5, 5.41) is 0. The fraction of sp³-hybridized carbons (Fsp3) is 0.524. The zero-order valence-corrected chi connectivity index (χ0v) is 15.2. The number of rotatable bonds is 4. The van der Waals surface area contributed by atoms with Gasteiger partial charge >= 0.3 is 0 Å². The van der Waals surface area contributed by atoms with E-state index in [-0.39, 0.29) is 17.4 Å². The molecule has 2 amide bonds. The van der Waals surface area contributed by atoms with Crippen LogP contribution in [0.2, 0.25) is 0 Å². The summed E-state index contributed by atoms with van der Waals surface area (Å²) in [6.07, 6.45) is 6.71. The monoisotopic (exact) mass is 340 g/mol. The number of benzene rings is 1. The van der Waals surface area contributed by atoms with Crippen molar-refractivity contribution in [3.05, 3.63) is 48.0 Å². The molecule has 2 fully saturated rings. The summed E-state index contributed by atoms with van der Waals surface area (Å²) >= 11 is 0. The average molecular weight is 340 g/mol. The zero-order valence-electron chi connectivity index (χ0n) is 15.2. The Hall–Kier alpha value is -2.10. The molecule has 2 heterocycles. The maximum atomic E-state index is 12.8. The van der Waals surface area contributed by atoms with Crippen LogP contribution < -0.4 is 0 Å². The van der Waals surface area contributed by atoms with Crippen molar-refractivity contribution in [3.8, 4) is 0 Å². The van der Waals surface area contributed by atoms with Crippen molar-refractivity contribution in [3.63, 3.8) is 0 Å². The largest absolute Gasteiger partial charge is 0.340 e. The Labute approximate surface area is 150 Å². The summed E-state index contributed by atoms with van der Waals surface area (Å²) in [5.74, 6) is 0.374. The van der Waals surface area contributed by atoms with E-state index in [1.54, 1.807) is 6.08 Å². The highest BCUT2D eigenvalue weighted by atomic mass is 16.2. The summed E-state index contributed by atoms with van der Waals surface area (Å²) in [5.41, 5.74) is 2.07. The lowest BCUT2D eigenvalue weighted by molar-refractivity contribution is -0.149. The predicted molar refractivity (Wildman–Crippen MR) is 99.2 cm³/mol. The van der Waals surface area contributed by atoms with Gasteiger partial charge in [-0.2, -0.15) is 0 Å². The molecular weight excluding hydrogens is 312 g/mol. The van der Waals surface area contributed by atoms with Gasteiger partial charge in [0.1, 0.15) is 0 Å². The number of carbonyl (C=O) groups is 2. The van der Waals surface area contributed by atoms with Crippen molar-refractivity contribution in [2.75, 3.05) is 19.6 Å². The second-order valence-electron chi connectivity index (χ2n) is 7.45. The molecular formula is C21H28N2O2. The van der Waals surface area contributed by atoms with Gasteiger partial charge in [-0.1, -0.05) is 35.9 Å². The van der Waals surface area contributed by atoms with Crippen LogP contribution in [-0.4, -0.2) is 46.8 Å². The molecule has 0 saturated carbocycles. The molecule has 0 radical (unpaired) electrons. The Bertz CT molecular complexity index is 648. The lowest BCUT2D eigenvalue weighted by Crippen LogP contribution is -2.63. The zero-order chi connectivity index (χ0) is 17.9.